The molecule has 0 saturated carbocycles. The van der Waals surface area contributed by atoms with Gasteiger partial charge in [0, 0.05) is 6.07 Å². The fraction of sp³-hybridized carbons (Fsp3) is 0.308. The van der Waals surface area contributed by atoms with Gasteiger partial charge in [-0.15, -0.1) is 0 Å². The van der Waals surface area contributed by atoms with Crippen molar-refractivity contribution >= 4 is 28.8 Å². The highest BCUT2D eigenvalue weighted by molar-refractivity contribution is 5.96. The number of halogens is 3. The number of anilines is 1. The zero-order valence-corrected chi connectivity index (χ0v) is 11.9. The van der Waals surface area contributed by atoms with E-state index in [2.05, 4.69) is 0 Å². The van der Waals surface area contributed by atoms with Gasteiger partial charge in [0.1, 0.15) is 6.54 Å². The highest BCUT2D eigenvalue weighted by atomic mass is 19.4. The maximum Gasteiger partial charge on any atom is 0.420 e. The number of nitrogens with two attached hydrogens (primary N) is 1. The quantitative estimate of drug-likeness (QED) is 0.892. The summed E-state index contributed by atoms with van der Waals surface area (Å²) in [5.74, 6) is -1.99. The summed E-state index contributed by atoms with van der Waals surface area (Å²) in [5.41, 5.74) is 5.06. The maximum atomic E-state index is 12.5. The number of nitrogens with zero attached hydrogens (tertiary/aromatic N) is 2. The highest BCUT2D eigenvalue weighted by Gasteiger charge is 2.36. The molecule has 2 aromatic rings. The minimum absolute atomic E-state index is 0.0694. The summed E-state index contributed by atoms with van der Waals surface area (Å²) in [6.45, 7) is -1.64. The predicted molar refractivity (Wildman–Crippen MR) is 73.3 cm³/mol. The average Bonchev–Trinajstić information content (AvgIpc) is 2.98. The number of hydrogen-bond donors (Lipinski definition) is 1. The topological polar surface area (TPSA) is 108 Å². The first-order valence-corrected chi connectivity index (χ1v) is 6.63. The molecule has 8 nitrogen and oxygen atoms in total. The molecule has 1 aromatic carbocycles. The third-order valence-corrected chi connectivity index (χ3v) is 3.43. The minimum Gasteiger partial charge on any atom is -0.434 e. The average molecular weight is 345 g/mol. The fourth-order valence-electron chi connectivity index (χ4n) is 2.37. The largest absolute Gasteiger partial charge is 0.434 e. The third kappa shape index (κ3) is 2.79. The smallest absolute Gasteiger partial charge is 0.420 e. The van der Waals surface area contributed by atoms with Gasteiger partial charge in [0.25, 0.3) is 5.91 Å². The standard InChI is InChI=1S/C13H10F3N3O5/c14-13(15,16)5-19-7-2-1-6(3-8(7)23-12(19)22)18-4-9(10(17)20)24-11(18)21/h1-3,9H,4-5H2,(H2,17,20). The second-order valence-corrected chi connectivity index (χ2v) is 5.11. The maximum absolute atomic E-state index is 12.5. The monoisotopic (exact) mass is 345 g/mol. The van der Waals surface area contributed by atoms with Crippen molar-refractivity contribution in [1.29, 1.82) is 0 Å². The van der Waals surface area contributed by atoms with Gasteiger partial charge in [-0.25, -0.2) is 9.59 Å². The number of primary amides is 1. The second-order valence-electron chi connectivity index (χ2n) is 5.11. The van der Waals surface area contributed by atoms with Crippen molar-refractivity contribution in [2.24, 2.45) is 5.73 Å². The molecule has 0 bridgehead atoms. The van der Waals surface area contributed by atoms with Crippen LogP contribution in [0, 0.1) is 0 Å². The Bertz CT molecular complexity index is 885. The number of rotatable bonds is 3. The van der Waals surface area contributed by atoms with Gasteiger partial charge in [0.2, 0.25) is 0 Å². The lowest BCUT2D eigenvalue weighted by molar-refractivity contribution is -0.140. The van der Waals surface area contributed by atoms with Gasteiger partial charge in [0.15, 0.2) is 11.7 Å². The molecule has 1 aliphatic rings. The van der Waals surface area contributed by atoms with Gasteiger partial charge in [-0.3, -0.25) is 14.3 Å². The molecular formula is C13H10F3N3O5. The summed E-state index contributed by atoms with van der Waals surface area (Å²) in [6.07, 6.45) is -6.56. The number of aromatic nitrogens is 1. The summed E-state index contributed by atoms with van der Waals surface area (Å²) in [7, 11) is 0. The summed E-state index contributed by atoms with van der Waals surface area (Å²) < 4.78 is 47.5. The molecule has 0 spiro atoms. The number of carbonyl (C=O) groups is 2. The Morgan fingerprint density at radius 3 is 2.62 bits per heavy atom. The molecule has 11 heteroatoms. The molecule has 2 heterocycles. The predicted octanol–water partition coefficient (Wildman–Crippen LogP) is 0.967. The van der Waals surface area contributed by atoms with Crippen LogP contribution in [-0.2, 0) is 16.1 Å². The van der Waals surface area contributed by atoms with Crippen LogP contribution in [0.25, 0.3) is 11.1 Å². The Kier molecular flexibility index (Phi) is 3.50. The number of amides is 2. The van der Waals surface area contributed by atoms with Crippen molar-refractivity contribution in [3.63, 3.8) is 0 Å². The zero-order chi connectivity index (χ0) is 17.6. The molecule has 0 aliphatic carbocycles. The Hall–Kier alpha value is -2.98. The van der Waals surface area contributed by atoms with Crippen molar-refractivity contribution in [3.05, 3.63) is 28.7 Å². The molecule has 1 fully saturated rings. The Labute approximate surface area is 131 Å². The number of fused-ring (bicyclic) bond motifs is 1. The van der Waals surface area contributed by atoms with Gasteiger partial charge < -0.3 is 14.9 Å². The van der Waals surface area contributed by atoms with Gasteiger partial charge >= 0.3 is 18.0 Å². The number of oxazole rings is 1. The zero-order valence-electron chi connectivity index (χ0n) is 11.9. The van der Waals surface area contributed by atoms with Crippen molar-refractivity contribution in [1.82, 2.24) is 4.57 Å². The van der Waals surface area contributed by atoms with Crippen molar-refractivity contribution in [2.45, 2.75) is 18.8 Å². The molecular weight excluding hydrogens is 335 g/mol. The first-order valence-electron chi connectivity index (χ1n) is 6.63. The van der Waals surface area contributed by atoms with E-state index in [1.54, 1.807) is 0 Å². The summed E-state index contributed by atoms with van der Waals surface area (Å²) >= 11 is 0. The van der Waals surface area contributed by atoms with Crippen LogP contribution in [-0.4, -0.2) is 35.4 Å². The van der Waals surface area contributed by atoms with E-state index in [1.165, 1.54) is 18.2 Å². The molecule has 0 radical (unpaired) electrons. The second kappa shape index (κ2) is 5.28. The van der Waals surface area contributed by atoms with E-state index in [0.29, 0.717) is 4.57 Å². The lowest BCUT2D eigenvalue weighted by atomic mass is 10.2. The van der Waals surface area contributed by atoms with Gasteiger partial charge in [-0.1, -0.05) is 0 Å². The molecule has 1 aliphatic heterocycles. The minimum atomic E-state index is -4.59. The van der Waals surface area contributed by atoms with Gasteiger partial charge in [-0.05, 0) is 12.1 Å². The molecule has 2 amide bonds. The van der Waals surface area contributed by atoms with Crippen LogP contribution in [0.3, 0.4) is 0 Å². The van der Waals surface area contributed by atoms with E-state index in [0.717, 1.165) is 4.90 Å². The van der Waals surface area contributed by atoms with E-state index < -0.39 is 36.6 Å². The molecule has 2 N–H and O–H groups in total. The molecule has 1 unspecified atom stereocenters. The summed E-state index contributed by atoms with van der Waals surface area (Å²) in [4.78, 5) is 35.5. The normalized spacial score (nSPS) is 18.2. The number of alkyl halides is 3. The van der Waals surface area contributed by atoms with E-state index in [9.17, 15) is 27.6 Å². The SMILES string of the molecule is NC(=O)C1CN(c2ccc3c(c2)oc(=O)n3CC(F)(F)F)C(=O)O1. The van der Waals surface area contributed by atoms with E-state index in [-0.39, 0.29) is 23.3 Å². The van der Waals surface area contributed by atoms with Crippen molar-refractivity contribution < 1.29 is 31.9 Å². The first kappa shape index (κ1) is 15.9. The Balaban J connectivity index is 1.97. The van der Waals surface area contributed by atoms with Crippen LogP contribution in [0.4, 0.5) is 23.7 Å². The number of benzene rings is 1. The van der Waals surface area contributed by atoms with Crippen LogP contribution in [0.5, 0.6) is 0 Å². The Morgan fingerprint density at radius 2 is 2.04 bits per heavy atom. The molecule has 1 aromatic heterocycles. The van der Waals surface area contributed by atoms with E-state index in [4.69, 9.17) is 14.9 Å². The summed E-state index contributed by atoms with van der Waals surface area (Å²) in [5, 5.41) is 0. The van der Waals surface area contributed by atoms with Crippen LogP contribution >= 0.6 is 0 Å². The van der Waals surface area contributed by atoms with Crippen LogP contribution in [0.2, 0.25) is 0 Å². The van der Waals surface area contributed by atoms with Crippen molar-refractivity contribution in [2.75, 3.05) is 11.4 Å². The molecule has 1 saturated heterocycles. The number of carbonyl (C=O) groups excluding carboxylic acids is 2. The molecule has 1 atom stereocenters. The van der Waals surface area contributed by atoms with Crippen molar-refractivity contribution in [3.8, 4) is 0 Å². The lowest BCUT2D eigenvalue weighted by Crippen LogP contribution is -2.32. The number of cyclic esters (lactones) is 1. The lowest BCUT2D eigenvalue weighted by Gasteiger charge is -2.12. The van der Waals surface area contributed by atoms with Gasteiger partial charge in [-0.2, -0.15) is 13.2 Å². The molecule has 128 valence electrons. The molecule has 24 heavy (non-hydrogen) atoms. The van der Waals surface area contributed by atoms with E-state index in [1.807, 2.05) is 0 Å². The highest BCUT2D eigenvalue weighted by Crippen LogP contribution is 2.27. The van der Waals surface area contributed by atoms with Crippen LogP contribution in [0.1, 0.15) is 0 Å². The van der Waals surface area contributed by atoms with Gasteiger partial charge in [0.05, 0.1) is 17.7 Å². The van der Waals surface area contributed by atoms with Crippen LogP contribution < -0.4 is 16.4 Å². The fourth-order valence-corrected chi connectivity index (χ4v) is 2.37. The summed E-state index contributed by atoms with van der Waals surface area (Å²) in [6, 6.07) is 3.75. The first-order chi connectivity index (χ1) is 11.2. The van der Waals surface area contributed by atoms with Crippen LogP contribution in [0.15, 0.2) is 27.4 Å². The molecule has 3 rings (SSSR count). The van der Waals surface area contributed by atoms with E-state index >= 15 is 0 Å². The number of hydrogen-bond acceptors (Lipinski definition) is 5. The number of ether oxygens (including phenoxy) is 1. The Morgan fingerprint density at radius 1 is 1.33 bits per heavy atom. The third-order valence-electron chi connectivity index (χ3n) is 3.43.